The SMILES string of the molecule is CC(=O)c1ccc(NC(=O)[C@H](Cc2ccccc2)N2C(=O)[C@@H]3[C@@H](C2=O)C2(Cl)c4ccccc4C3(Cl)c3ccccc32)cc1. The van der Waals surface area contributed by atoms with Gasteiger partial charge in [0.1, 0.15) is 15.8 Å². The van der Waals surface area contributed by atoms with E-state index in [0.29, 0.717) is 33.5 Å². The topological polar surface area (TPSA) is 83.6 Å². The van der Waals surface area contributed by atoms with Crippen molar-refractivity contribution in [1.82, 2.24) is 4.90 Å². The zero-order valence-corrected chi connectivity index (χ0v) is 24.6. The first kappa shape index (κ1) is 27.6. The number of imide groups is 1. The maximum absolute atomic E-state index is 14.6. The molecule has 4 aromatic rings. The number of nitrogens with one attached hydrogen (secondary N) is 1. The molecular weight excluding hydrogens is 583 g/mol. The van der Waals surface area contributed by atoms with Gasteiger partial charge in [0, 0.05) is 17.7 Å². The normalized spacial score (nSPS) is 25.5. The largest absolute Gasteiger partial charge is 0.324 e. The van der Waals surface area contributed by atoms with Crippen LogP contribution in [0.15, 0.2) is 103 Å². The summed E-state index contributed by atoms with van der Waals surface area (Å²) >= 11 is 15.2. The number of carbonyl (C=O) groups excluding carboxylic acids is 4. The molecular formula is C35H26Cl2N2O4. The predicted octanol–water partition coefficient (Wildman–Crippen LogP) is 6.03. The van der Waals surface area contributed by atoms with Crippen molar-refractivity contribution in [2.24, 2.45) is 11.8 Å². The lowest BCUT2D eigenvalue weighted by atomic mass is 9.54. The van der Waals surface area contributed by atoms with Crippen LogP contribution in [0, 0.1) is 11.8 Å². The van der Waals surface area contributed by atoms with Gasteiger partial charge in [-0.05, 0) is 59.0 Å². The van der Waals surface area contributed by atoms with Gasteiger partial charge in [0.05, 0.1) is 11.8 Å². The second-order valence-corrected chi connectivity index (χ2v) is 12.5. The summed E-state index contributed by atoms with van der Waals surface area (Å²) in [6.07, 6.45) is 0.0968. The van der Waals surface area contributed by atoms with Crippen molar-refractivity contribution in [3.8, 4) is 0 Å². The Morgan fingerprint density at radius 2 is 1.16 bits per heavy atom. The van der Waals surface area contributed by atoms with Gasteiger partial charge in [-0.15, -0.1) is 23.2 Å². The molecule has 8 rings (SSSR count). The molecule has 4 aromatic carbocycles. The van der Waals surface area contributed by atoms with Crippen LogP contribution in [-0.4, -0.2) is 34.4 Å². The maximum atomic E-state index is 14.6. The lowest BCUT2D eigenvalue weighted by Gasteiger charge is -2.54. The fourth-order valence-electron chi connectivity index (χ4n) is 7.15. The number of Topliss-reactive ketones (excluding diaryl/α,β-unsaturated/α-hetero) is 1. The molecule has 3 atom stereocenters. The van der Waals surface area contributed by atoms with Crippen molar-refractivity contribution in [2.75, 3.05) is 5.32 Å². The number of benzene rings is 4. The summed E-state index contributed by atoms with van der Waals surface area (Å²) in [4.78, 5) is 53.3. The molecule has 6 nitrogen and oxygen atoms in total. The summed E-state index contributed by atoms with van der Waals surface area (Å²) in [7, 11) is 0. The highest BCUT2D eigenvalue weighted by molar-refractivity contribution is 6.36. The molecule has 4 aliphatic rings. The number of halogens is 2. The highest BCUT2D eigenvalue weighted by atomic mass is 35.5. The summed E-state index contributed by atoms with van der Waals surface area (Å²) in [5, 5.41) is 2.86. The van der Waals surface area contributed by atoms with Crippen molar-refractivity contribution >= 4 is 52.4 Å². The van der Waals surface area contributed by atoms with Gasteiger partial charge in [-0.2, -0.15) is 0 Å². The van der Waals surface area contributed by atoms with Gasteiger partial charge >= 0.3 is 0 Å². The summed E-state index contributed by atoms with van der Waals surface area (Å²) in [6, 6.07) is 29.4. The Kier molecular flexibility index (Phi) is 6.35. The van der Waals surface area contributed by atoms with E-state index in [4.69, 9.17) is 23.2 Å². The van der Waals surface area contributed by atoms with Crippen LogP contribution < -0.4 is 5.32 Å². The van der Waals surface area contributed by atoms with Crippen LogP contribution in [0.4, 0.5) is 5.69 Å². The molecule has 3 aliphatic carbocycles. The molecule has 1 heterocycles. The molecule has 2 bridgehead atoms. The Balaban J connectivity index is 1.33. The molecule has 0 saturated carbocycles. The molecule has 43 heavy (non-hydrogen) atoms. The first-order chi connectivity index (χ1) is 20.7. The number of nitrogens with zero attached hydrogens (tertiary/aromatic N) is 1. The second kappa shape index (κ2) is 9.90. The average molecular weight is 610 g/mol. The van der Waals surface area contributed by atoms with E-state index in [1.807, 2.05) is 78.9 Å². The van der Waals surface area contributed by atoms with Crippen LogP contribution in [0.2, 0.25) is 0 Å². The fourth-order valence-corrected chi connectivity index (χ4v) is 8.25. The van der Waals surface area contributed by atoms with Crippen LogP contribution in [-0.2, 0) is 30.6 Å². The lowest BCUT2D eigenvalue weighted by Crippen LogP contribution is -2.57. The summed E-state index contributed by atoms with van der Waals surface area (Å²) < 4.78 is 0. The van der Waals surface area contributed by atoms with Crippen molar-refractivity contribution < 1.29 is 19.2 Å². The zero-order valence-electron chi connectivity index (χ0n) is 23.1. The lowest BCUT2D eigenvalue weighted by molar-refractivity contribution is -0.146. The maximum Gasteiger partial charge on any atom is 0.248 e. The molecule has 0 aromatic heterocycles. The molecule has 0 radical (unpaired) electrons. The van der Waals surface area contributed by atoms with Crippen molar-refractivity contribution in [2.45, 2.75) is 29.1 Å². The molecule has 1 N–H and O–H groups in total. The first-order valence-electron chi connectivity index (χ1n) is 14.1. The minimum absolute atomic E-state index is 0.0968. The van der Waals surface area contributed by atoms with Crippen molar-refractivity contribution in [1.29, 1.82) is 0 Å². The van der Waals surface area contributed by atoms with E-state index < -0.39 is 45.3 Å². The van der Waals surface area contributed by atoms with E-state index in [2.05, 4.69) is 5.32 Å². The van der Waals surface area contributed by atoms with Gasteiger partial charge in [-0.1, -0.05) is 78.9 Å². The van der Waals surface area contributed by atoms with Crippen LogP contribution in [0.1, 0.15) is 45.1 Å². The first-order valence-corrected chi connectivity index (χ1v) is 14.8. The molecule has 1 fully saturated rings. The smallest absolute Gasteiger partial charge is 0.248 e. The molecule has 0 unspecified atom stereocenters. The zero-order chi connectivity index (χ0) is 30.1. The minimum Gasteiger partial charge on any atom is -0.324 e. The van der Waals surface area contributed by atoms with Gasteiger partial charge in [0.25, 0.3) is 0 Å². The Morgan fingerprint density at radius 1 is 0.721 bits per heavy atom. The standard InChI is InChI=1S/C35H26Cl2N2O4/c1-20(40)22-15-17-23(18-16-22)38-31(41)28(19-21-9-3-2-4-10-21)39-32(42)29-30(33(39)43)35(37)25-12-6-5-11-24(25)34(29,36)26-13-7-8-14-27(26)35/h2-18,28-30H,19H2,1H3,(H,38,41)/t28-,29-,30-,34?,35?/m0/s1. The highest BCUT2D eigenvalue weighted by Crippen LogP contribution is 2.69. The van der Waals surface area contributed by atoms with Gasteiger partial charge in [0.15, 0.2) is 5.78 Å². The van der Waals surface area contributed by atoms with E-state index in [0.717, 1.165) is 10.5 Å². The number of amides is 3. The molecule has 3 amide bonds. The molecule has 1 saturated heterocycles. The summed E-state index contributed by atoms with van der Waals surface area (Å²) in [5.41, 5.74) is 4.51. The van der Waals surface area contributed by atoms with E-state index >= 15 is 0 Å². The number of anilines is 1. The number of alkyl halides is 2. The van der Waals surface area contributed by atoms with Crippen LogP contribution >= 0.6 is 23.2 Å². The van der Waals surface area contributed by atoms with E-state index in [1.54, 1.807) is 24.3 Å². The Bertz CT molecular complexity index is 1700. The third kappa shape index (κ3) is 3.86. The quantitative estimate of drug-likeness (QED) is 0.164. The van der Waals surface area contributed by atoms with E-state index in [9.17, 15) is 19.2 Å². The molecule has 0 spiro atoms. The number of carbonyl (C=O) groups is 4. The van der Waals surface area contributed by atoms with Crippen molar-refractivity contribution in [3.63, 3.8) is 0 Å². The molecule has 8 heteroatoms. The number of rotatable bonds is 6. The monoisotopic (exact) mass is 608 g/mol. The predicted molar refractivity (Wildman–Crippen MR) is 164 cm³/mol. The minimum atomic E-state index is -1.34. The van der Waals surface area contributed by atoms with Gasteiger partial charge in [-0.25, -0.2) is 0 Å². The number of ketones is 1. The second-order valence-electron chi connectivity index (χ2n) is 11.3. The average Bonchev–Trinajstić information content (AvgIpc) is 3.30. The third-order valence-corrected chi connectivity index (χ3v) is 10.3. The van der Waals surface area contributed by atoms with Crippen LogP contribution in [0.5, 0.6) is 0 Å². The Morgan fingerprint density at radius 3 is 1.60 bits per heavy atom. The Labute approximate surface area is 258 Å². The van der Waals surface area contributed by atoms with Gasteiger partial charge in [0.2, 0.25) is 17.7 Å². The van der Waals surface area contributed by atoms with E-state index in [-0.39, 0.29) is 12.2 Å². The van der Waals surface area contributed by atoms with Gasteiger partial charge in [-0.3, -0.25) is 24.1 Å². The highest BCUT2D eigenvalue weighted by Gasteiger charge is 2.73. The number of hydrogen-bond donors (Lipinski definition) is 1. The fraction of sp³-hybridized carbons (Fsp3) is 0.200. The third-order valence-electron chi connectivity index (χ3n) is 9.06. The number of hydrogen-bond acceptors (Lipinski definition) is 4. The van der Waals surface area contributed by atoms with Crippen LogP contribution in [0.3, 0.4) is 0 Å². The summed E-state index contributed by atoms with van der Waals surface area (Å²) in [5.74, 6) is -3.70. The van der Waals surface area contributed by atoms with E-state index in [1.165, 1.54) is 6.92 Å². The van der Waals surface area contributed by atoms with Crippen molar-refractivity contribution in [3.05, 3.63) is 137 Å². The number of likely N-dealkylation sites (tertiary alicyclic amines) is 1. The van der Waals surface area contributed by atoms with Gasteiger partial charge < -0.3 is 5.32 Å². The molecule has 1 aliphatic heterocycles. The van der Waals surface area contributed by atoms with Crippen LogP contribution in [0.25, 0.3) is 0 Å². The Hall–Kier alpha value is -4.26. The molecule has 214 valence electrons. The summed E-state index contributed by atoms with van der Waals surface area (Å²) in [6.45, 7) is 1.46.